The summed E-state index contributed by atoms with van der Waals surface area (Å²) in [6.45, 7) is 3.78. The average molecular weight is 1000 g/mol. The van der Waals surface area contributed by atoms with Gasteiger partial charge >= 0.3 is 12.1 Å². The van der Waals surface area contributed by atoms with Crippen molar-refractivity contribution in [2.24, 2.45) is 0 Å². The van der Waals surface area contributed by atoms with Gasteiger partial charge in [-0.3, -0.25) is 15.1 Å². The Morgan fingerprint density at radius 1 is 0.754 bits per heavy atom. The molecule has 0 spiro atoms. The third kappa shape index (κ3) is 11.5. The second kappa shape index (κ2) is 19.8. The van der Waals surface area contributed by atoms with Crippen molar-refractivity contribution < 1.29 is 28.4 Å². The van der Waals surface area contributed by atoms with Crippen LogP contribution in [0.1, 0.15) is 5.56 Å². The minimum atomic E-state index is -1.01. The summed E-state index contributed by atoms with van der Waals surface area (Å²) < 4.78 is 28.9. The van der Waals surface area contributed by atoms with Crippen LogP contribution in [0.4, 0.5) is 42.4 Å². The third-order valence-corrected chi connectivity index (χ3v) is 10.1. The molecule has 1 heterocycles. The minimum Gasteiger partial charge on any atom is -0.491 e. The number of aromatic nitrogens is 1. The Balaban J connectivity index is 1.65. The maximum Gasteiger partial charge on any atom is 0.346 e. The van der Waals surface area contributed by atoms with Gasteiger partial charge < -0.3 is 29.9 Å². The summed E-state index contributed by atoms with van der Waals surface area (Å²) in [5, 5.41) is 19.1. The normalized spacial score (nSPS) is 11.0. The second-order valence-electron chi connectivity index (χ2n) is 13.2. The van der Waals surface area contributed by atoms with Crippen molar-refractivity contribution >= 4 is 85.7 Å². The lowest BCUT2D eigenvalue weighted by Crippen LogP contribution is -2.54. The van der Waals surface area contributed by atoms with E-state index in [1.165, 1.54) is 0 Å². The largest absolute Gasteiger partial charge is 0.491 e. The number of benzene rings is 4. The number of ether oxygens (including phenoxy) is 2. The summed E-state index contributed by atoms with van der Waals surface area (Å²) in [7, 11) is 7.66. The first-order valence-corrected chi connectivity index (χ1v) is 19.7. The van der Waals surface area contributed by atoms with Gasteiger partial charge in [0.05, 0.1) is 29.1 Å². The van der Waals surface area contributed by atoms with Gasteiger partial charge in [0.2, 0.25) is 0 Å². The SMILES string of the molecule is Cc1cc(NC(=O)N(c2ccc(I)c(OCCN(C)C)c2)N(C(=O)Nc2cc([N+](=O)[O-])ccc2F)c2ccc(I)c(OCCN(C)C)c2)ccc1-c1ccncc1. The number of urea groups is 2. The molecule has 0 radical (unpaired) electrons. The summed E-state index contributed by atoms with van der Waals surface area (Å²) in [5.41, 5.74) is 2.63. The Bertz CT molecular complexity index is 2230. The number of amides is 4. The number of aryl methyl sites for hydroxylation is 1. The van der Waals surface area contributed by atoms with Crippen LogP contribution in [0.25, 0.3) is 11.1 Å². The lowest BCUT2D eigenvalue weighted by Gasteiger charge is -2.35. The molecule has 0 aliphatic rings. The molecule has 0 fully saturated rings. The topological polar surface area (TPSA) is 146 Å². The van der Waals surface area contributed by atoms with Gasteiger partial charge in [-0.2, -0.15) is 10.0 Å². The lowest BCUT2D eigenvalue weighted by molar-refractivity contribution is -0.384. The molecular weight excluding hydrogens is 961 g/mol. The van der Waals surface area contributed by atoms with E-state index in [1.807, 2.05) is 63.1 Å². The van der Waals surface area contributed by atoms with Crippen molar-refractivity contribution in [2.45, 2.75) is 6.92 Å². The number of hydrogen-bond donors (Lipinski definition) is 2. The summed E-state index contributed by atoms with van der Waals surface area (Å²) >= 11 is 4.24. The number of nitro groups is 1. The van der Waals surface area contributed by atoms with Crippen LogP contribution in [0, 0.1) is 30.0 Å². The van der Waals surface area contributed by atoms with E-state index in [4.69, 9.17) is 9.47 Å². The zero-order chi connectivity index (χ0) is 41.2. The number of non-ortho nitro benzene ring substituents is 1. The molecule has 1 aromatic heterocycles. The van der Waals surface area contributed by atoms with Gasteiger partial charge in [-0.15, -0.1) is 0 Å². The number of anilines is 4. The molecule has 14 nitrogen and oxygen atoms in total. The predicted octanol–water partition coefficient (Wildman–Crippen LogP) is 8.89. The predicted molar refractivity (Wildman–Crippen MR) is 237 cm³/mol. The van der Waals surface area contributed by atoms with Crippen LogP contribution in [0.15, 0.2) is 97.3 Å². The first kappa shape index (κ1) is 43.0. The number of carbonyl (C=O) groups excluding carboxylic acids is 2. The highest BCUT2D eigenvalue weighted by molar-refractivity contribution is 14.1. The molecule has 5 aromatic rings. The molecule has 0 aliphatic heterocycles. The zero-order valence-electron chi connectivity index (χ0n) is 31.8. The Hall–Kier alpha value is -5.12. The molecule has 0 saturated heterocycles. The average Bonchev–Trinajstić information content (AvgIpc) is 3.16. The van der Waals surface area contributed by atoms with Gasteiger partial charge in [-0.25, -0.2) is 14.0 Å². The monoisotopic (exact) mass is 1000 g/mol. The van der Waals surface area contributed by atoms with Crippen LogP contribution in [0.2, 0.25) is 0 Å². The molecule has 0 saturated carbocycles. The highest BCUT2D eigenvalue weighted by Gasteiger charge is 2.32. The third-order valence-electron chi connectivity index (χ3n) is 8.37. The lowest BCUT2D eigenvalue weighted by atomic mass is 10.0. The van der Waals surface area contributed by atoms with Crippen LogP contribution in [0.3, 0.4) is 0 Å². The quantitative estimate of drug-likeness (QED) is 0.0633. The van der Waals surface area contributed by atoms with Gasteiger partial charge in [0, 0.05) is 55.4 Å². The first-order chi connectivity index (χ1) is 27.2. The van der Waals surface area contributed by atoms with E-state index in [-0.39, 0.29) is 11.4 Å². The number of nitrogens with one attached hydrogen (secondary N) is 2. The number of likely N-dealkylation sites (N-methyl/N-ethyl adjacent to an activating group) is 2. The van der Waals surface area contributed by atoms with Crippen LogP contribution in [-0.4, -0.2) is 86.3 Å². The van der Waals surface area contributed by atoms with Crippen molar-refractivity contribution in [1.29, 1.82) is 0 Å². The molecule has 0 bridgehead atoms. The van der Waals surface area contributed by atoms with Crippen LogP contribution >= 0.6 is 45.2 Å². The molecule has 57 heavy (non-hydrogen) atoms. The van der Waals surface area contributed by atoms with Gasteiger partial charge in [-0.1, -0.05) is 6.07 Å². The molecule has 298 valence electrons. The number of nitro benzene ring substituents is 1. The molecule has 5 rings (SSSR count). The summed E-state index contributed by atoms with van der Waals surface area (Å²) in [4.78, 5) is 48.4. The number of nitrogens with zero attached hydrogens (tertiary/aromatic N) is 6. The molecule has 4 aromatic carbocycles. The maximum atomic E-state index is 15.2. The maximum absolute atomic E-state index is 15.2. The van der Waals surface area contributed by atoms with E-state index < -0.39 is 34.2 Å². The van der Waals surface area contributed by atoms with Crippen molar-refractivity contribution in [3.05, 3.63) is 126 Å². The van der Waals surface area contributed by atoms with Crippen LogP contribution in [0.5, 0.6) is 11.5 Å². The van der Waals surface area contributed by atoms with E-state index in [0.717, 1.165) is 52.0 Å². The van der Waals surface area contributed by atoms with Crippen molar-refractivity contribution in [2.75, 3.05) is 75.1 Å². The molecule has 2 N–H and O–H groups in total. The van der Waals surface area contributed by atoms with E-state index in [2.05, 4.69) is 60.8 Å². The summed E-state index contributed by atoms with van der Waals surface area (Å²) in [6, 6.07) is 20.1. The highest BCUT2D eigenvalue weighted by atomic mass is 127. The van der Waals surface area contributed by atoms with Crippen LogP contribution in [-0.2, 0) is 0 Å². The molecule has 0 unspecified atom stereocenters. The fraction of sp³-hybridized carbons (Fsp3) is 0.225. The standard InChI is InChI=1S/C40H41FI2N8O6/c1-26-22-28(6-10-32(26)27-14-16-44-17-15-27)45-39(52)49(29-8-12-34(42)37(24-29)56-20-18-47(2)3)50(30-9-13-35(43)38(25-30)57-21-19-48(4)5)40(53)46-36-23-31(51(54)55)7-11-33(36)41/h6-17,22-25H,18-21H2,1-5H3,(H,45,52)(H,46,53). The van der Waals surface area contributed by atoms with Gasteiger partial charge in [-0.05, 0) is 152 Å². The van der Waals surface area contributed by atoms with E-state index in [9.17, 15) is 19.7 Å². The fourth-order valence-electron chi connectivity index (χ4n) is 5.46. The molecule has 0 atom stereocenters. The van der Waals surface area contributed by atoms with Gasteiger partial charge in [0.15, 0.2) is 0 Å². The van der Waals surface area contributed by atoms with E-state index >= 15 is 4.39 Å². The number of halogens is 3. The first-order valence-electron chi connectivity index (χ1n) is 17.5. The zero-order valence-corrected chi connectivity index (χ0v) is 36.1. The molecule has 17 heteroatoms. The van der Waals surface area contributed by atoms with E-state index in [1.54, 1.807) is 60.9 Å². The Morgan fingerprint density at radius 2 is 1.30 bits per heavy atom. The summed E-state index contributed by atoms with van der Waals surface area (Å²) in [5.74, 6) is -0.0474. The van der Waals surface area contributed by atoms with E-state index in [0.29, 0.717) is 43.5 Å². The Morgan fingerprint density at radius 3 is 1.81 bits per heavy atom. The van der Waals surface area contributed by atoms with Crippen molar-refractivity contribution in [3.8, 4) is 22.6 Å². The second-order valence-corrected chi connectivity index (χ2v) is 15.5. The number of carbonyl (C=O) groups is 2. The Labute approximate surface area is 357 Å². The number of hydrazine groups is 1. The van der Waals surface area contributed by atoms with Crippen molar-refractivity contribution in [3.63, 3.8) is 0 Å². The highest BCUT2D eigenvalue weighted by Crippen LogP contribution is 2.35. The van der Waals surface area contributed by atoms with Crippen molar-refractivity contribution in [1.82, 2.24) is 14.8 Å². The van der Waals surface area contributed by atoms with Gasteiger partial charge in [0.1, 0.15) is 30.5 Å². The molecule has 4 amide bonds. The summed E-state index contributed by atoms with van der Waals surface area (Å²) in [6.07, 6.45) is 3.40. The fourth-order valence-corrected chi connectivity index (χ4v) is 6.44. The van der Waals surface area contributed by atoms with Crippen LogP contribution < -0.4 is 30.1 Å². The molecule has 0 aliphatic carbocycles. The minimum absolute atomic E-state index is 0.159. The number of rotatable bonds is 14. The smallest absolute Gasteiger partial charge is 0.346 e. The van der Waals surface area contributed by atoms with Gasteiger partial charge in [0.25, 0.3) is 5.69 Å². The molecular formula is C40H41FI2N8O6. The Kier molecular flexibility index (Phi) is 15.0. The number of hydrogen-bond acceptors (Lipinski definition) is 9. The number of pyridine rings is 1.